The van der Waals surface area contributed by atoms with Gasteiger partial charge in [-0.05, 0) is 42.2 Å². The first kappa shape index (κ1) is 23.7. The zero-order valence-electron chi connectivity index (χ0n) is 19.9. The summed E-state index contributed by atoms with van der Waals surface area (Å²) in [7, 11) is -3.97. The van der Waals surface area contributed by atoms with Crippen molar-refractivity contribution in [1.29, 1.82) is 0 Å². The van der Waals surface area contributed by atoms with Gasteiger partial charge in [0, 0.05) is 5.92 Å². The summed E-state index contributed by atoms with van der Waals surface area (Å²) in [5.41, 5.74) is 3.80. The van der Waals surface area contributed by atoms with Gasteiger partial charge in [0.2, 0.25) is 15.9 Å². The number of ether oxygens (including phenoxy) is 1. The minimum Gasteiger partial charge on any atom is -0.356 e. The number of aryl methyl sites for hydroxylation is 1. The molecule has 0 unspecified atom stereocenters. The molecule has 4 atom stereocenters. The van der Waals surface area contributed by atoms with E-state index in [1.54, 1.807) is 29.2 Å². The molecule has 0 spiro atoms. The predicted molar refractivity (Wildman–Crippen MR) is 134 cm³/mol. The van der Waals surface area contributed by atoms with Crippen LogP contribution in [0, 0.1) is 6.92 Å². The van der Waals surface area contributed by atoms with Crippen LogP contribution in [0.25, 0.3) is 0 Å². The number of nitrogens with one attached hydrogen (secondary N) is 1. The SMILES string of the molecule is CCC[C@H]1OC[C@H]2c3ccccc3[C@H](c3ccccc3)[C@@H](NS(=O)(=O)c3ccc(C)cc3)C(=O)N12. The Morgan fingerprint density at radius 2 is 1.60 bits per heavy atom. The minimum absolute atomic E-state index is 0.138. The molecule has 182 valence electrons. The molecule has 3 aromatic carbocycles. The van der Waals surface area contributed by atoms with Gasteiger partial charge >= 0.3 is 0 Å². The average Bonchev–Trinajstić information content (AvgIpc) is 3.24. The average molecular weight is 491 g/mol. The Kier molecular flexibility index (Phi) is 6.49. The maximum atomic E-state index is 14.2. The molecular formula is C28H30N2O4S. The number of hydrogen-bond acceptors (Lipinski definition) is 4. The Balaban J connectivity index is 1.67. The van der Waals surface area contributed by atoms with E-state index in [0.29, 0.717) is 13.0 Å². The van der Waals surface area contributed by atoms with E-state index in [4.69, 9.17) is 4.74 Å². The molecule has 5 rings (SSSR count). The van der Waals surface area contributed by atoms with Crippen LogP contribution in [0.3, 0.4) is 0 Å². The summed E-state index contributed by atoms with van der Waals surface area (Å²) < 4.78 is 36.0. The highest BCUT2D eigenvalue weighted by Gasteiger charge is 2.49. The van der Waals surface area contributed by atoms with Crippen molar-refractivity contribution in [2.24, 2.45) is 0 Å². The molecule has 0 aliphatic carbocycles. The van der Waals surface area contributed by atoms with Crippen LogP contribution in [0.2, 0.25) is 0 Å². The van der Waals surface area contributed by atoms with Gasteiger partial charge in [0.25, 0.3) is 0 Å². The van der Waals surface area contributed by atoms with Crippen LogP contribution in [-0.2, 0) is 19.6 Å². The van der Waals surface area contributed by atoms with Gasteiger partial charge in [0.15, 0.2) is 0 Å². The van der Waals surface area contributed by atoms with Gasteiger partial charge in [-0.3, -0.25) is 4.79 Å². The topological polar surface area (TPSA) is 75.7 Å². The van der Waals surface area contributed by atoms with E-state index in [0.717, 1.165) is 28.7 Å². The van der Waals surface area contributed by atoms with Gasteiger partial charge in [-0.25, -0.2) is 8.42 Å². The molecule has 0 bridgehead atoms. The first-order chi connectivity index (χ1) is 16.9. The van der Waals surface area contributed by atoms with Crippen LogP contribution in [0.5, 0.6) is 0 Å². The maximum Gasteiger partial charge on any atom is 0.244 e. The highest BCUT2D eigenvalue weighted by atomic mass is 32.2. The number of fused-ring (bicyclic) bond motifs is 3. The summed E-state index contributed by atoms with van der Waals surface area (Å²) >= 11 is 0. The van der Waals surface area contributed by atoms with Crippen LogP contribution in [-0.4, -0.2) is 38.1 Å². The minimum atomic E-state index is -3.97. The Morgan fingerprint density at radius 3 is 2.29 bits per heavy atom. The highest BCUT2D eigenvalue weighted by Crippen LogP contribution is 2.44. The summed E-state index contributed by atoms with van der Waals surface area (Å²) in [5.74, 6) is -0.736. The van der Waals surface area contributed by atoms with Crippen molar-refractivity contribution in [2.45, 2.75) is 55.8 Å². The van der Waals surface area contributed by atoms with Gasteiger partial charge in [0.1, 0.15) is 12.3 Å². The zero-order chi connectivity index (χ0) is 24.6. The van der Waals surface area contributed by atoms with Crippen molar-refractivity contribution >= 4 is 15.9 Å². The fourth-order valence-electron chi connectivity index (χ4n) is 5.25. The van der Waals surface area contributed by atoms with Crippen LogP contribution in [0.4, 0.5) is 0 Å². The molecule has 6 nitrogen and oxygen atoms in total. The van der Waals surface area contributed by atoms with Crippen molar-refractivity contribution < 1.29 is 17.9 Å². The van der Waals surface area contributed by atoms with E-state index < -0.39 is 22.0 Å². The summed E-state index contributed by atoms with van der Waals surface area (Å²) in [6.07, 6.45) is 1.16. The Hall–Kier alpha value is -3.00. The van der Waals surface area contributed by atoms with E-state index in [9.17, 15) is 13.2 Å². The molecule has 1 fully saturated rings. The standard InChI is InChI=1S/C28H30N2O4S/c1-3-9-25-30-24(18-34-25)22-12-7-8-13-23(22)26(20-10-5-4-6-11-20)27(28(30)31)29-35(32,33)21-16-14-19(2)15-17-21/h4-8,10-17,24-27,29H,3,9,18H2,1-2H3/t24-,25+,26-,27+/m0/s1. The number of hydrogen-bond donors (Lipinski definition) is 1. The maximum absolute atomic E-state index is 14.2. The monoisotopic (exact) mass is 490 g/mol. The molecular weight excluding hydrogens is 460 g/mol. The van der Waals surface area contributed by atoms with Crippen LogP contribution < -0.4 is 4.72 Å². The van der Waals surface area contributed by atoms with Crippen LogP contribution in [0.15, 0.2) is 83.8 Å². The second-order valence-corrected chi connectivity index (χ2v) is 11.0. The second kappa shape index (κ2) is 9.57. The molecule has 1 amide bonds. The first-order valence-corrected chi connectivity index (χ1v) is 13.6. The fourth-order valence-corrected chi connectivity index (χ4v) is 6.45. The molecule has 0 saturated carbocycles. The van der Waals surface area contributed by atoms with Gasteiger partial charge < -0.3 is 9.64 Å². The van der Waals surface area contributed by atoms with E-state index in [2.05, 4.69) is 11.6 Å². The molecule has 1 saturated heterocycles. The van der Waals surface area contributed by atoms with Crippen LogP contribution in [0.1, 0.15) is 54.0 Å². The first-order valence-electron chi connectivity index (χ1n) is 12.1. The van der Waals surface area contributed by atoms with E-state index >= 15 is 0 Å². The zero-order valence-corrected chi connectivity index (χ0v) is 20.7. The number of amides is 1. The molecule has 0 aromatic heterocycles. The molecule has 7 heteroatoms. The predicted octanol–water partition coefficient (Wildman–Crippen LogP) is 4.51. The van der Waals surface area contributed by atoms with Gasteiger partial charge in [0.05, 0.1) is 17.5 Å². The molecule has 3 aromatic rings. The number of carbonyl (C=O) groups excluding carboxylic acids is 1. The molecule has 2 aliphatic heterocycles. The second-order valence-electron chi connectivity index (χ2n) is 9.27. The summed E-state index contributed by atoms with van der Waals surface area (Å²) in [4.78, 5) is 16.2. The normalized spacial score (nSPS) is 24.1. The fraction of sp³-hybridized carbons (Fsp3) is 0.321. The third kappa shape index (κ3) is 4.40. The lowest BCUT2D eigenvalue weighted by Crippen LogP contribution is -2.52. The van der Waals surface area contributed by atoms with Gasteiger partial charge in [-0.2, -0.15) is 4.72 Å². The van der Waals surface area contributed by atoms with E-state index in [1.807, 2.05) is 61.5 Å². The van der Waals surface area contributed by atoms with E-state index in [1.165, 1.54) is 0 Å². The Morgan fingerprint density at radius 1 is 0.943 bits per heavy atom. The molecule has 35 heavy (non-hydrogen) atoms. The van der Waals surface area contributed by atoms with Crippen molar-refractivity contribution in [1.82, 2.24) is 9.62 Å². The number of benzene rings is 3. The molecule has 2 heterocycles. The van der Waals surface area contributed by atoms with Crippen molar-refractivity contribution in [3.05, 3.63) is 101 Å². The smallest absolute Gasteiger partial charge is 0.244 e. The quantitative estimate of drug-likeness (QED) is 0.552. The van der Waals surface area contributed by atoms with E-state index in [-0.39, 0.29) is 23.1 Å². The van der Waals surface area contributed by atoms with Gasteiger partial charge in [-0.1, -0.05) is 85.6 Å². The number of carbonyl (C=O) groups is 1. The lowest BCUT2D eigenvalue weighted by Gasteiger charge is -2.31. The number of nitrogens with zero attached hydrogens (tertiary/aromatic N) is 1. The number of sulfonamides is 1. The Labute approximate surface area is 207 Å². The van der Waals surface area contributed by atoms with Crippen molar-refractivity contribution in [3.63, 3.8) is 0 Å². The largest absolute Gasteiger partial charge is 0.356 e. The molecule has 2 aliphatic rings. The molecule has 1 N–H and O–H groups in total. The summed E-state index contributed by atoms with van der Waals surface area (Å²) in [6, 6.07) is 23.0. The third-order valence-electron chi connectivity index (χ3n) is 6.94. The number of rotatable bonds is 6. The summed E-state index contributed by atoms with van der Waals surface area (Å²) in [6.45, 7) is 4.35. The van der Waals surface area contributed by atoms with Crippen LogP contribution >= 0.6 is 0 Å². The molecule has 0 radical (unpaired) electrons. The Bertz CT molecular complexity index is 1310. The highest BCUT2D eigenvalue weighted by molar-refractivity contribution is 7.89. The van der Waals surface area contributed by atoms with Crippen molar-refractivity contribution in [3.8, 4) is 0 Å². The summed E-state index contributed by atoms with van der Waals surface area (Å²) in [5, 5.41) is 0. The van der Waals surface area contributed by atoms with Gasteiger partial charge in [-0.15, -0.1) is 0 Å². The third-order valence-corrected chi connectivity index (χ3v) is 8.40. The lowest BCUT2D eigenvalue weighted by molar-refractivity contribution is -0.140. The van der Waals surface area contributed by atoms with Crippen molar-refractivity contribution in [2.75, 3.05) is 6.61 Å². The lowest BCUT2D eigenvalue weighted by atomic mass is 9.83.